The second kappa shape index (κ2) is 5.42. The molecule has 0 fully saturated rings. The summed E-state index contributed by atoms with van der Waals surface area (Å²) in [4.78, 5) is 10.9. The molecule has 0 aliphatic heterocycles. The maximum atomic E-state index is 10.9. The Hall–Kier alpha value is -1.52. The van der Waals surface area contributed by atoms with E-state index in [4.69, 9.17) is 17.3 Å². The molecule has 2 aromatic rings. The van der Waals surface area contributed by atoms with Gasteiger partial charge < -0.3 is 11.1 Å². The third-order valence-electron chi connectivity index (χ3n) is 2.64. The summed E-state index contributed by atoms with van der Waals surface area (Å²) >= 11 is 7.42. The van der Waals surface area contributed by atoms with Gasteiger partial charge in [0, 0.05) is 17.3 Å². The van der Waals surface area contributed by atoms with E-state index < -0.39 is 5.91 Å². The second-order valence-corrected chi connectivity index (χ2v) is 5.53. The van der Waals surface area contributed by atoms with E-state index in [0.29, 0.717) is 5.56 Å². The maximum Gasteiger partial charge on any atom is 0.248 e. The minimum atomic E-state index is -0.417. The van der Waals surface area contributed by atoms with Gasteiger partial charge in [0.05, 0.1) is 4.34 Å². The van der Waals surface area contributed by atoms with Crippen molar-refractivity contribution in [1.82, 2.24) is 0 Å². The van der Waals surface area contributed by atoms with Gasteiger partial charge >= 0.3 is 0 Å². The van der Waals surface area contributed by atoms with Gasteiger partial charge in [-0.05, 0) is 48.2 Å². The van der Waals surface area contributed by atoms with E-state index in [1.807, 2.05) is 23.6 Å². The zero-order valence-electron chi connectivity index (χ0n) is 9.81. The van der Waals surface area contributed by atoms with Crippen LogP contribution in [0.15, 0.2) is 35.7 Å². The quantitative estimate of drug-likeness (QED) is 0.898. The molecular weight excluding hydrogens is 268 g/mol. The summed E-state index contributed by atoms with van der Waals surface area (Å²) < 4.78 is 0.780. The first kappa shape index (κ1) is 12.9. The summed E-state index contributed by atoms with van der Waals surface area (Å²) in [6.45, 7) is 2.06. The molecule has 0 aliphatic rings. The van der Waals surface area contributed by atoms with Crippen molar-refractivity contribution in [3.05, 3.63) is 51.2 Å². The number of carbonyl (C=O) groups excluding carboxylic acids is 1. The minimum absolute atomic E-state index is 0.160. The number of nitrogens with two attached hydrogens (primary N) is 1. The number of nitrogens with one attached hydrogen (secondary N) is 1. The van der Waals surface area contributed by atoms with Gasteiger partial charge in [-0.1, -0.05) is 11.6 Å². The van der Waals surface area contributed by atoms with Crippen LogP contribution in [0.5, 0.6) is 0 Å². The van der Waals surface area contributed by atoms with Gasteiger partial charge in [0.25, 0.3) is 0 Å². The predicted molar refractivity (Wildman–Crippen MR) is 76.3 cm³/mol. The number of rotatable bonds is 4. The number of amides is 1. The molecule has 0 saturated heterocycles. The first-order valence-electron chi connectivity index (χ1n) is 5.46. The lowest BCUT2D eigenvalue weighted by Gasteiger charge is -2.14. The smallest absolute Gasteiger partial charge is 0.248 e. The Labute approximate surface area is 115 Å². The van der Waals surface area contributed by atoms with E-state index in [-0.39, 0.29) is 6.04 Å². The molecular formula is C13H13ClN2OS. The number of halogens is 1. The van der Waals surface area contributed by atoms with Crippen LogP contribution < -0.4 is 11.1 Å². The van der Waals surface area contributed by atoms with E-state index >= 15 is 0 Å². The van der Waals surface area contributed by atoms with Crippen LogP contribution in [0, 0.1) is 0 Å². The summed E-state index contributed by atoms with van der Waals surface area (Å²) in [6.07, 6.45) is 0. The first-order chi connectivity index (χ1) is 8.56. The average Bonchev–Trinajstić information content (AvgIpc) is 2.76. The Balaban J connectivity index is 2.07. The number of hydrogen-bond donors (Lipinski definition) is 2. The Morgan fingerprint density at radius 3 is 2.56 bits per heavy atom. The van der Waals surface area contributed by atoms with Crippen LogP contribution in [0.4, 0.5) is 5.69 Å². The van der Waals surface area contributed by atoms with Crippen LogP contribution in [-0.2, 0) is 0 Å². The average molecular weight is 281 g/mol. The SMILES string of the molecule is CC(Nc1ccc(C(N)=O)cc1)c1csc(Cl)c1. The van der Waals surface area contributed by atoms with Crippen molar-refractivity contribution >= 4 is 34.5 Å². The molecule has 1 amide bonds. The molecule has 1 aromatic carbocycles. The Morgan fingerprint density at radius 2 is 2.06 bits per heavy atom. The van der Waals surface area contributed by atoms with Crippen LogP contribution in [0.1, 0.15) is 28.9 Å². The highest BCUT2D eigenvalue weighted by Gasteiger charge is 2.08. The monoisotopic (exact) mass is 280 g/mol. The number of hydrogen-bond acceptors (Lipinski definition) is 3. The highest BCUT2D eigenvalue weighted by atomic mass is 35.5. The lowest BCUT2D eigenvalue weighted by molar-refractivity contribution is 0.100. The Morgan fingerprint density at radius 1 is 1.39 bits per heavy atom. The van der Waals surface area contributed by atoms with Crippen molar-refractivity contribution in [3.8, 4) is 0 Å². The van der Waals surface area contributed by atoms with Gasteiger partial charge in [-0.25, -0.2) is 0 Å². The summed E-state index contributed by atoms with van der Waals surface area (Å²) in [5, 5.41) is 5.36. The fraction of sp³-hybridized carbons (Fsp3) is 0.154. The van der Waals surface area contributed by atoms with Crippen LogP contribution >= 0.6 is 22.9 Å². The third-order valence-corrected chi connectivity index (χ3v) is 3.75. The normalized spacial score (nSPS) is 12.1. The van der Waals surface area contributed by atoms with Crippen LogP contribution in [0.2, 0.25) is 4.34 Å². The fourth-order valence-electron chi connectivity index (χ4n) is 1.61. The van der Waals surface area contributed by atoms with Crippen molar-refractivity contribution in [2.75, 3.05) is 5.32 Å². The maximum absolute atomic E-state index is 10.9. The number of primary amides is 1. The van der Waals surface area contributed by atoms with Crippen LogP contribution in [0.25, 0.3) is 0 Å². The molecule has 3 nitrogen and oxygen atoms in total. The molecule has 0 bridgehead atoms. The molecule has 0 saturated carbocycles. The van der Waals surface area contributed by atoms with E-state index in [0.717, 1.165) is 15.6 Å². The molecule has 18 heavy (non-hydrogen) atoms. The van der Waals surface area contributed by atoms with E-state index in [1.54, 1.807) is 12.1 Å². The molecule has 0 spiro atoms. The number of anilines is 1. The molecule has 5 heteroatoms. The molecule has 0 radical (unpaired) electrons. The van der Waals surface area contributed by atoms with E-state index in [9.17, 15) is 4.79 Å². The second-order valence-electron chi connectivity index (χ2n) is 3.99. The van der Waals surface area contributed by atoms with Crippen molar-refractivity contribution in [2.24, 2.45) is 5.73 Å². The van der Waals surface area contributed by atoms with Crippen molar-refractivity contribution in [3.63, 3.8) is 0 Å². The van der Waals surface area contributed by atoms with Gasteiger partial charge in [-0.15, -0.1) is 11.3 Å². The van der Waals surface area contributed by atoms with Gasteiger partial charge in [0.15, 0.2) is 0 Å². The minimum Gasteiger partial charge on any atom is -0.378 e. The lowest BCUT2D eigenvalue weighted by atomic mass is 10.1. The molecule has 2 rings (SSSR count). The van der Waals surface area contributed by atoms with E-state index in [2.05, 4.69) is 12.2 Å². The predicted octanol–water partition coefficient (Wildman–Crippen LogP) is 3.67. The number of thiophene rings is 1. The van der Waals surface area contributed by atoms with Crippen LogP contribution in [0.3, 0.4) is 0 Å². The van der Waals surface area contributed by atoms with Gasteiger partial charge in [0.2, 0.25) is 5.91 Å². The fourth-order valence-corrected chi connectivity index (χ4v) is 2.60. The van der Waals surface area contributed by atoms with Gasteiger partial charge in [-0.3, -0.25) is 4.79 Å². The summed E-state index contributed by atoms with van der Waals surface area (Å²) in [7, 11) is 0. The highest BCUT2D eigenvalue weighted by Crippen LogP contribution is 2.27. The number of benzene rings is 1. The first-order valence-corrected chi connectivity index (χ1v) is 6.72. The molecule has 3 N–H and O–H groups in total. The van der Waals surface area contributed by atoms with Crippen molar-refractivity contribution < 1.29 is 4.79 Å². The van der Waals surface area contributed by atoms with Gasteiger partial charge in [0.1, 0.15) is 0 Å². The Kier molecular flexibility index (Phi) is 3.89. The molecule has 1 unspecified atom stereocenters. The zero-order valence-corrected chi connectivity index (χ0v) is 11.4. The summed E-state index contributed by atoms with van der Waals surface area (Å²) in [5.41, 5.74) is 7.77. The highest BCUT2D eigenvalue weighted by molar-refractivity contribution is 7.14. The topological polar surface area (TPSA) is 55.1 Å². The lowest BCUT2D eigenvalue weighted by Crippen LogP contribution is -2.11. The Bertz CT molecular complexity index is 550. The van der Waals surface area contributed by atoms with Gasteiger partial charge in [-0.2, -0.15) is 0 Å². The zero-order chi connectivity index (χ0) is 13.1. The molecule has 1 atom stereocenters. The van der Waals surface area contributed by atoms with Crippen molar-refractivity contribution in [2.45, 2.75) is 13.0 Å². The third kappa shape index (κ3) is 3.03. The summed E-state index contributed by atoms with van der Waals surface area (Å²) in [5.74, 6) is -0.417. The number of carbonyl (C=O) groups is 1. The molecule has 0 aliphatic carbocycles. The standard InChI is InChI=1S/C13H13ClN2OS/c1-8(10-6-12(14)18-7-10)16-11-4-2-9(3-5-11)13(15)17/h2-8,16H,1H3,(H2,15,17). The molecule has 1 aromatic heterocycles. The molecule has 1 heterocycles. The summed E-state index contributed by atoms with van der Waals surface area (Å²) in [6, 6.07) is 9.19. The molecule has 94 valence electrons. The van der Waals surface area contributed by atoms with E-state index in [1.165, 1.54) is 11.3 Å². The van der Waals surface area contributed by atoms with Crippen molar-refractivity contribution in [1.29, 1.82) is 0 Å². The largest absolute Gasteiger partial charge is 0.378 e. The van der Waals surface area contributed by atoms with Crippen LogP contribution in [-0.4, -0.2) is 5.91 Å².